The molecule has 0 unspecified atom stereocenters. The number of hydrogen-bond acceptors (Lipinski definition) is 6. The minimum Gasteiger partial charge on any atom is -0.505 e. The molecule has 200 valence electrons. The number of hydrogen-bond donors (Lipinski definition) is 1. The number of phenols is 1. The van der Waals surface area contributed by atoms with Gasteiger partial charge in [0.25, 0.3) is 12.0 Å². The molecular formula is C26H16ClF5N4O2S. The molecule has 13 heteroatoms. The lowest BCUT2D eigenvalue weighted by atomic mass is 10.1. The molecular weight excluding hydrogens is 563 g/mol. The quantitative estimate of drug-likeness (QED) is 0.221. The standard InChI is InChI=1S/C26H16ClF5N4O2S/c27-16-5-4-14-18-24(39-21(14)20(16)37)35-23(19-15(12-2-3-12)7-13(9-34-19)22(28)29)36(25(18)38)10-11-1-6-17(33-8-11)26(30,31)32/h1,4-9,12,22,37H,2-3,10H2. The monoisotopic (exact) mass is 578 g/mol. The summed E-state index contributed by atoms with van der Waals surface area (Å²) in [6.45, 7) is -0.207. The topological polar surface area (TPSA) is 80.9 Å². The lowest BCUT2D eigenvalue weighted by Gasteiger charge is -2.16. The first-order valence-corrected chi connectivity index (χ1v) is 12.9. The fourth-order valence-electron chi connectivity index (χ4n) is 4.49. The van der Waals surface area contributed by atoms with Crippen molar-refractivity contribution in [2.24, 2.45) is 0 Å². The first kappa shape index (κ1) is 25.6. The Balaban J connectivity index is 1.61. The van der Waals surface area contributed by atoms with Gasteiger partial charge in [0.1, 0.15) is 16.2 Å². The van der Waals surface area contributed by atoms with Crippen LogP contribution in [0, 0.1) is 0 Å². The molecule has 0 saturated heterocycles. The van der Waals surface area contributed by atoms with E-state index in [1.165, 1.54) is 22.8 Å². The van der Waals surface area contributed by atoms with E-state index < -0.39 is 23.9 Å². The Kier molecular flexibility index (Phi) is 6.07. The Labute approximate surface area is 225 Å². The maximum absolute atomic E-state index is 14.0. The molecule has 4 heterocycles. The van der Waals surface area contributed by atoms with Crippen LogP contribution in [-0.4, -0.2) is 24.6 Å². The highest BCUT2D eigenvalue weighted by Crippen LogP contribution is 2.45. The van der Waals surface area contributed by atoms with Crippen LogP contribution in [0.4, 0.5) is 22.0 Å². The van der Waals surface area contributed by atoms with Gasteiger partial charge in [-0.2, -0.15) is 13.2 Å². The van der Waals surface area contributed by atoms with E-state index in [0.29, 0.717) is 15.6 Å². The highest BCUT2D eigenvalue weighted by molar-refractivity contribution is 7.25. The second kappa shape index (κ2) is 9.23. The van der Waals surface area contributed by atoms with E-state index >= 15 is 0 Å². The van der Waals surface area contributed by atoms with Gasteiger partial charge in [-0.15, -0.1) is 11.3 Å². The Morgan fingerprint density at radius 3 is 2.54 bits per heavy atom. The fraction of sp³-hybridized carbons (Fsp3) is 0.231. The zero-order valence-electron chi connectivity index (χ0n) is 19.6. The summed E-state index contributed by atoms with van der Waals surface area (Å²) in [5.74, 6) is -0.174. The Morgan fingerprint density at radius 1 is 1.13 bits per heavy atom. The number of fused-ring (bicyclic) bond motifs is 3. The molecule has 0 atom stereocenters. The van der Waals surface area contributed by atoms with E-state index in [-0.39, 0.29) is 56.1 Å². The SMILES string of the molecule is O=c1c2c(nc(-c3ncc(C(F)F)cc3C3CC3)n1Cc1ccc(C(F)(F)F)nc1)sc1c(O)c(Cl)ccc12. The number of phenolic OH excluding ortho intramolecular Hbond substituents is 1. The van der Waals surface area contributed by atoms with E-state index in [1.54, 1.807) is 6.07 Å². The van der Waals surface area contributed by atoms with Gasteiger partial charge in [-0.3, -0.25) is 19.3 Å². The van der Waals surface area contributed by atoms with E-state index in [1.807, 2.05) is 0 Å². The number of thiophene rings is 1. The van der Waals surface area contributed by atoms with E-state index in [2.05, 4.69) is 15.0 Å². The van der Waals surface area contributed by atoms with Gasteiger partial charge >= 0.3 is 6.18 Å². The molecule has 1 aliphatic rings. The van der Waals surface area contributed by atoms with E-state index in [0.717, 1.165) is 42.6 Å². The lowest BCUT2D eigenvalue weighted by molar-refractivity contribution is -0.141. The molecule has 0 radical (unpaired) electrons. The van der Waals surface area contributed by atoms with Crippen molar-refractivity contribution < 1.29 is 27.1 Å². The Bertz CT molecular complexity index is 1810. The number of alkyl halides is 5. The third kappa shape index (κ3) is 4.51. The summed E-state index contributed by atoms with van der Waals surface area (Å²) in [5.41, 5.74) is -0.835. The highest BCUT2D eigenvalue weighted by atomic mass is 35.5. The van der Waals surface area contributed by atoms with Gasteiger partial charge in [-0.25, -0.2) is 13.8 Å². The lowest BCUT2D eigenvalue weighted by Crippen LogP contribution is -2.24. The minimum atomic E-state index is -4.63. The van der Waals surface area contributed by atoms with Gasteiger partial charge in [-0.1, -0.05) is 23.7 Å². The molecule has 1 N–H and O–H groups in total. The number of benzene rings is 1. The van der Waals surface area contributed by atoms with Crippen LogP contribution < -0.4 is 5.56 Å². The van der Waals surface area contributed by atoms with Crippen molar-refractivity contribution >= 4 is 43.2 Å². The molecule has 5 aromatic rings. The first-order valence-electron chi connectivity index (χ1n) is 11.7. The van der Waals surface area contributed by atoms with Crippen molar-refractivity contribution in [3.63, 3.8) is 0 Å². The summed E-state index contributed by atoms with van der Waals surface area (Å²) in [5, 5.41) is 11.2. The third-order valence-corrected chi connectivity index (χ3v) is 7.97. The number of rotatable bonds is 5. The number of nitrogens with zero attached hydrogens (tertiary/aromatic N) is 4. The van der Waals surface area contributed by atoms with Crippen LogP contribution in [0.25, 0.3) is 31.8 Å². The zero-order chi connectivity index (χ0) is 27.6. The summed E-state index contributed by atoms with van der Waals surface area (Å²) >= 11 is 7.10. The third-order valence-electron chi connectivity index (χ3n) is 6.56. The van der Waals surface area contributed by atoms with Crippen LogP contribution >= 0.6 is 22.9 Å². The van der Waals surface area contributed by atoms with Crippen LogP contribution in [0.5, 0.6) is 5.75 Å². The van der Waals surface area contributed by atoms with Gasteiger partial charge in [0.05, 0.1) is 21.7 Å². The van der Waals surface area contributed by atoms with Gasteiger partial charge in [0, 0.05) is 23.3 Å². The van der Waals surface area contributed by atoms with Gasteiger partial charge in [0.15, 0.2) is 11.6 Å². The number of halogens is 6. The zero-order valence-corrected chi connectivity index (χ0v) is 21.2. The predicted octanol–water partition coefficient (Wildman–Crippen LogP) is 7.31. The summed E-state index contributed by atoms with van der Waals surface area (Å²) in [6.07, 6.45) is -3.80. The summed E-state index contributed by atoms with van der Waals surface area (Å²) in [7, 11) is 0. The fourth-order valence-corrected chi connectivity index (χ4v) is 5.81. The minimum absolute atomic E-state index is 0.0368. The van der Waals surface area contributed by atoms with Crippen molar-refractivity contribution in [1.29, 1.82) is 0 Å². The Morgan fingerprint density at radius 2 is 1.90 bits per heavy atom. The molecule has 1 saturated carbocycles. The van der Waals surface area contributed by atoms with Crippen molar-refractivity contribution in [2.45, 2.75) is 37.9 Å². The highest BCUT2D eigenvalue weighted by Gasteiger charge is 2.33. The van der Waals surface area contributed by atoms with Crippen LogP contribution in [0.3, 0.4) is 0 Å². The van der Waals surface area contributed by atoms with Crippen molar-refractivity contribution in [3.8, 4) is 17.3 Å². The average molecular weight is 579 g/mol. The van der Waals surface area contributed by atoms with Crippen LogP contribution in [0.2, 0.25) is 5.02 Å². The smallest absolute Gasteiger partial charge is 0.433 e. The molecule has 1 fully saturated rings. The molecule has 39 heavy (non-hydrogen) atoms. The summed E-state index contributed by atoms with van der Waals surface area (Å²) in [4.78, 5) is 26.7. The average Bonchev–Trinajstić information content (AvgIpc) is 3.67. The molecule has 4 aromatic heterocycles. The number of aromatic hydroxyl groups is 1. The molecule has 1 aliphatic carbocycles. The molecule has 6 nitrogen and oxygen atoms in total. The molecule has 0 spiro atoms. The molecule has 6 rings (SSSR count). The molecule has 0 bridgehead atoms. The van der Waals surface area contributed by atoms with Crippen LogP contribution in [-0.2, 0) is 12.7 Å². The van der Waals surface area contributed by atoms with Crippen LogP contribution in [0.1, 0.15) is 47.6 Å². The normalized spacial score (nSPS) is 14.1. The Hall–Kier alpha value is -3.64. The summed E-state index contributed by atoms with van der Waals surface area (Å²) < 4.78 is 67.7. The van der Waals surface area contributed by atoms with Crippen molar-refractivity contribution in [1.82, 2.24) is 19.5 Å². The molecule has 1 aromatic carbocycles. The van der Waals surface area contributed by atoms with E-state index in [4.69, 9.17) is 11.6 Å². The maximum atomic E-state index is 14.0. The molecule has 0 aliphatic heterocycles. The first-order chi connectivity index (χ1) is 18.5. The largest absolute Gasteiger partial charge is 0.505 e. The van der Waals surface area contributed by atoms with Crippen molar-refractivity contribution in [3.05, 3.63) is 80.5 Å². The maximum Gasteiger partial charge on any atom is 0.433 e. The number of pyridine rings is 2. The summed E-state index contributed by atoms with van der Waals surface area (Å²) in [6, 6.07) is 6.41. The van der Waals surface area contributed by atoms with Gasteiger partial charge in [-0.05, 0) is 48.1 Å². The second-order valence-electron chi connectivity index (χ2n) is 9.21. The van der Waals surface area contributed by atoms with E-state index in [9.17, 15) is 31.9 Å². The van der Waals surface area contributed by atoms with Crippen LogP contribution in [0.15, 0.2) is 47.5 Å². The predicted molar refractivity (Wildman–Crippen MR) is 137 cm³/mol. The van der Waals surface area contributed by atoms with Crippen molar-refractivity contribution in [2.75, 3.05) is 0 Å². The van der Waals surface area contributed by atoms with Gasteiger partial charge < -0.3 is 5.11 Å². The number of aromatic nitrogens is 4. The second-order valence-corrected chi connectivity index (χ2v) is 10.6. The van der Waals surface area contributed by atoms with Gasteiger partial charge in [0.2, 0.25) is 0 Å². The molecule has 0 amide bonds.